The Morgan fingerprint density at radius 1 is 1.10 bits per heavy atom. The van der Waals surface area contributed by atoms with E-state index >= 15 is 0 Å². The van der Waals surface area contributed by atoms with Crippen LogP contribution in [0.1, 0.15) is 21.7 Å². The van der Waals surface area contributed by atoms with E-state index in [9.17, 15) is 9.18 Å². The Labute approximate surface area is 130 Å². The lowest BCUT2D eigenvalue weighted by atomic mass is 10.0. The predicted molar refractivity (Wildman–Crippen MR) is 80.8 cm³/mol. The summed E-state index contributed by atoms with van der Waals surface area (Å²) in [7, 11) is 0. The van der Waals surface area contributed by atoms with Gasteiger partial charge in [-0.05, 0) is 43.3 Å². The third kappa shape index (κ3) is 2.43. The standard InChI is InChI=1S/C16H9Cl2FO2/c1-8-11-7-10(19)3-5-14(11)21-16(8)15(20)9-2-4-12(17)13(18)6-9/h2-7H,1H3. The maximum atomic E-state index is 13.3. The van der Waals surface area contributed by atoms with Gasteiger partial charge in [0.05, 0.1) is 10.0 Å². The average molecular weight is 323 g/mol. The highest BCUT2D eigenvalue weighted by atomic mass is 35.5. The Bertz CT molecular complexity index is 868. The molecule has 5 heteroatoms. The molecule has 0 spiro atoms. The zero-order valence-electron chi connectivity index (χ0n) is 10.9. The minimum atomic E-state index is -0.375. The Balaban J connectivity index is 2.13. The predicted octanol–water partition coefficient (Wildman–Crippen LogP) is 5.42. The lowest BCUT2D eigenvalue weighted by Crippen LogP contribution is -2.01. The highest BCUT2D eigenvalue weighted by Gasteiger charge is 2.20. The van der Waals surface area contributed by atoms with Crippen molar-refractivity contribution in [3.05, 3.63) is 69.1 Å². The number of hydrogen-bond acceptors (Lipinski definition) is 2. The SMILES string of the molecule is Cc1c(C(=O)c2ccc(Cl)c(Cl)c2)oc2ccc(F)cc12. The van der Waals surface area contributed by atoms with Crippen LogP contribution in [0.25, 0.3) is 11.0 Å². The molecular formula is C16H9Cl2FO2. The normalized spacial score (nSPS) is 11.0. The largest absolute Gasteiger partial charge is 0.452 e. The number of hydrogen-bond donors (Lipinski definition) is 0. The fraction of sp³-hybridized carbons (Fsp3) is 0.0625. The molecule has 0 aliphatic heterocycles. The molecule has 1 heterocycles. The quantitative estimate of drug-likeness (QED) is 0.590. The Morgan fingerprint density at radius 3 is 2.57 bits per heavy atom. The second kappa shape index (κ2) is 5.17. The number of benzene rings is 2. The lowest BCUT2D eigenvalue weighted by Gasteiger charge is -2.01. The molecule has 3 rings (SSSR count). The first-order valence-corrected chi connectivity index (χ1v) is 6.91. The van der Waals surface area contributed by atoms with Crippen LogP contribution in [-0.2, 0) is 0 Å². The fourth-order valence-electron chi connectivity index (χ4n) is 2.18. The van der Waals surface area contributed by atoms with Gasteiger partial charge in [0.25, 0.3) is 0 Å². The molecule has 0 saturated carbocycles. The summed E-state index contributed by atoms with van der Waals surface area (Å²) in [5, 5.41) is 1.25. The van der Waals surface area contributed by atoms with Gasteiger partial charge >= 0.3 is 0 Å². The summed E-state index contributed by atoms with van der Waals surface area (Å²) in [6, 6.07) is 8.75. The zero-order valence-corrected chi connectivity index (χ0v) is 12.4. The molecule has 0 bridgehead atoms. The van der Waals surface area contributed by atoms with E-state index in [1.54, 1.807) is 19.1 Å². The van der Waals surface area contributed by atoms with Crippen LogP contribution in [0, 0.1) is 12.7 Å². The van der Waals surface area contributed by atoms with Gasteiger partial charge in [0.1, 0.15) is 11.4 Å². The van der Waals surface area contributed by atoms with Gasteiger partial charge in [0.2, 0.25) is 5.78 Å². The molecule has 1 aromatic heterocycles. The first-order chi connectivity index (χ1) is 9.97. The maximum Gasteiger partial charge on any atom is 0.228 e. The molecule has 0 saturated heterocycles. The van der Waals surface area contributed by atoms with Gasteiger partial charge in [0.15, 0.2) is 5.76 Å². The Hall–Kier alpha value is -1.84. The van der Waals surface area contributed by atoms with E-state index in [1.807, 2.05) is 0 Å². The van der Waals surface area contributed by atoms with E-state index in [0.717, 1.165) is 0 Å². The minimum Gasteiger partial charge on any atom is -0.452 e. The van der Waals surface area contributed by atoms with Crippen molar-refractivity contribution in [3.8, 4) is 0 Å². The van der Waals surface area contributed by atoms with E-state index < -0.39 is 0 Å². The zero-order chi connectivity index (χ0) is 15.1. The van der Waals surface area contributed by atoms with E-state index in [0.29, 0.717) is 32.1 Å². The van der Waals surface area contributed by atoms with Crippen molar-refractivity contribution < 1.29 is 13.6 Å². The van der Waals surface area contributed by atoms with Gasteiger partial charge in [-0.1, -0.05) is 23.2 Å². The van der Waals surface area contributed by atoms with Gasteiger partial charge in [-0.2, -0.15) is 0 Å². The fourth-order valence-corrected chi connectivity index (χ4v) is 2.48. The molecule has 0 radical (unpaired) electrons. The molecule has 0 aliphatic carbocycles. The number of carbonyl (C=O) groups is 1. The van der Waals surface area contributed by atoms with Crippen LogP contribution in [0.15, 0.2) is 40.8 Å². The number of furan rings is 1. The van der Waals surface area contributed by atoms with Gasteiger partial charge in [0, 0.05) is 16.5 Å². The van der Waals surface area contributed by atoms with Gasteiger partial charge in [-0.15, -0.1) is 0 Å². The molecule has 0 aliphatic rings. The molecule has 106 valence electrons. The third-order valence-corrected chi connectivity index (χ3v) is 4.03. The van der Waals surface area contributed by atoms with E-state index in [-0.39, 0.29) is 17.4 Å². The Morgan fingerprint density at radius 2 is 1.86 bits per heavy atom. The molecule has 0 atom stereocenters. The number of fused-ring (bicyclic) bond motifs is 1. The number of carbonyl (C=O) groups excluding carboxylic acids is 1. The van der Waals surface area contributed by atoms with Gasteiger partial charge in [-0.3, -0.25) is 4.79 Å². The molecule has 0 amide bonds. The van der Waals surface area contributed by atoms with Crippen LogP contribution < -0.4 is 0 Å². The second-order valence-corrected chi connectivity index (χ2v) is 5.47. The monoisotopic (exact) mass is 322 g/mol. The molecule has 3 aromatic rings. The van der Waals surface area contributed by atoms with Crippen LogP contribution in [-0.4, -0.2) is 5.78 Å². The lowest BCUT2D eigenvalue weighted by molar-refractivity contribution is 0.101. The van der Waals surface area contributed by atoms with Crippen molar-refractivity contribution in [2.45, 2.75) is 6.92 Å². The second-order valence-electron chi connectivity index (χ2n) is 4.65. The van der Waals surface area contributed by atoms with E-state index in [4.69, 9.17) is 27.6 Å². The molecule has 2 nitrogen and oxygen atoms in total. The van der Waals surface area contributed by atoms with Crippen molar-refractivity contribution in [2.75, 3.05) is 0 Å². The van der Waals surface area contributed by atoms with Crippen LogP contribution >= 0.6 is 23.2 Å². The van der Waals surface area contributed by atoms with E-state index in [1.165, 1.54) is 24.3 Å². The van der Waals surface area contributed by atoms with Crippen molar-refractivity contribution in [2.24, 2.45) is 0 Å². The summed E-state index contributed by atoms with van der Waals surface area (Å²) in [4.78, 5) is 12.5. The van der Waals surface area contributed by atoms with Crippen LogP contribution in [0.4, 0.5) is 4.39 Å². The third-order valence-electron chi connectivity index (χ3n) is 3.29. The summed E-state index contributed by atoms with van der Waals surface area (Å²) in [6.07, 6.45) is 0. The summed E-state index contributed by atoms with van der Waals surface area (Å²) >= 11 is 11.8. The van der Waals surface area contributed by atoms with Crippen LogP contribution in [0.2, 0.25) is 10.0 Å². The summed E-state index contributed by atoms with van der Waals surface area (Å²) in [5.41, 5.74) is 1.44. The molecular weight excluding hydrogens is 314 g/mol. The van der Waals surface area contributed by atoms with Crippen molar-refractivity contribution in [3.63, 3.8) is 0 Å². The number of halogens is 3. The van der Waals surface area contributed by atoms with Gasteiger partial charge < -0.3 is 4.42 Å². The molecule has 2 aromatic carbocycles. The topological polar surface area (TPSA) is 30.2 Å². The maximum absolute atomic E-state index is 13.3. The number of rotatable bonds is 2. The first-order valence-electron chi connectivity index (χ1n) is 6.16. The van der Waals surface area contributed by atoms with Crippen LogP contribution in [0.5, 0.6) is 0 Å². The van der Waals surface area contributed by atoms with Crippen LogP contribution in [0.3, 0.4) is 0 Å². The number of aryl methyl sites for hydroxylation is 1. The average Bonchev–Trinajstić information content (AvgIpc) is 2.78. The first kappa shape index (κ1) is 14.1. The highest BCUT2D eigenvalue weighted by Crippen LogP contribution is 2.29. The summed E-state index contributed by atoms with van der Waals surface area (Å²) in [5.74, 6) is -0.517. The molecule has 0 unspecified atom stereocenters. The smallest absolute Gasteiger partial charge is 0.228 e. The molecule has 21 heavy (non-hydrogen) atoms. The summed E-state index contributed by atoms with van der Waals surface area (Å²) < 4.78 is 18.8. The summed E-state index contributed by atoms with van der Waals surface area (Å²) in [6.45, 7) is 1.72. The number of ketones is 1. The van der Waals surface area contributed by atoms with Gasteiger partial charge in [-0.25, -0.2) is 4.39 Å². The molecule has 0 N–H and O–H groups in total. The van der Waals surface area contributed by atoms with Crippen molar-refractivity contribution in [1.29, 1.82) is 0 Å². The molecule has 0 fully saturated rings. The van der Waals surface area contributed by atoms with Crippen molar-refractivity contribution >= 4 is 40.0 Å². The highest BCUT2D eigenvalue weighted by molar-refractivity contribution is 6.42. The van der Waals surface area contributed by atoms with Crippen molar-refractivity contribution in [1.82, 2.24) is 0 Å². The Kier molecular flexibility index (Phi) is 3.47. The van der Waals surface area contributed by atoms with E-state index in [2.05, 4.69) is 0 Å². The minimum absolute atomic E-state index is 0.175.